The summed E-state index contributed by atoms with van der Waals surface area (Å²) in [5.41, 5.74) is 3.47. The second-order valence-corrected chi connectivity index (χ2v) is 5.09. The van der Waals surface area contributed by atoms with Crippen LogP contribution in [0.15, 0.2) is 29.8 Å². The van der Waals surface area contributed by atoms with E-state index in [1.807, 2.05) is 18.2 Å². The van der Waals surface area contributed by atoms with E-state index in [-0.39, 0.29) is 12.4 Å². The molecular weight excluding hydrogens is 246 g/mol. The Bertz CT molecular complexity index is 409. The molecule has 0 aliphatic carbocycles. The van der Waals surface area contributed by atoms with Gasteiger partial charge in [0.25, 0.3) is 0 Å². The fourth-order valence-electron chi connectivity index (χ4n) is 2.37. The van der Waals surface area contributed by atoms with Crippen molar-refractivity contribution in [2.24, 2.45) is 5.92 Å². The second kappa shape index (κ2) is 7.45. The molecule has 102 valence electrons. The van der Waals surface area contributed by atoms with E-state index in [4.69, 9.17) is 0 Å². The molecule has 0 bridgehead atoms. The minimum atomic E-state index is 0. The van der Waals surface area contributed by atoms with Gasteiger partial charge in [0.1, 0.15) is 5.75 Å². The lowest BCUT2D eigenvalue weighted by atomic mass is 9.89. The number of allylic oxidation sites excluding steroid dienone is 1. The third-order valence-electron chi connectivity index (χ3n) is 2.86. The van der Waals surface area contributed by atoms with Gasteiger partial charge in [-0.25, -0.2) is 0 Å². The van der Waals surface area contributed by atoms with Crippen molar-refractivity contribution < 1.29 is 5.11 Å². The maximum absolute atomic E-state index is 9.97. The van der Waals surface area contributed by atoms with Crippen molar-refractivity contribution in [2.75, 3.05) is 20.6 Å². The topological polar surface area (TPSA) is 23.5 Å². The van der Waals surface area contributed by atoms with Gasteiger partial charge in [0, 0.05) is 12.1 Å². The summed E-state index contributed by atoms with van der Waals surface area (Å²) in [4.78, 5) is 2.17. The van der Waals surface area contributed by atoms with E-state index in [0.29, 0.717) is 11.7 Å². The number of halogens is 1. The molecule has 1 rings (SSSR count). The van der Waals surface area contributed by atoms with E-state index in [2.05, 4.69) is 39.8 Å². The van der Waals surface area contributed by atoms with Crippen LogP contribution in [0, 0.1) is 5.92 Å². The van der Waals surface area contributed by atoms with Crippen LogP contribution in [0.4, 0.5) is 0 Å². The van der Waals surface area contributed by atoms with Crippen LogP contribution in [0.1, 0.15) is 26.3 Å². The average molecular weight is 270 g/mol. The third kappa shape index (κ3) is 4.35. The molecule has 1 aromatic carbocycles. The van der Waals surface area contributed by atoms with Crippen LogP contribution in [0.25, 0.3) is 5.57 Å². The average Bonchev–Trinajstić information content (AvgIpc) is 2.19. The zero-order valence-electron chi connectivity index (χ0n) is 11.9. The van der Waals surface area contributed by atoms with Crippen molar-refractivity contribution in [3.8, 4) is 5.75 Å². The van der Waals surface area contributed by atoms with Crippen LogP contribution >= 0.6 is 12.4 Å². The molecule has 0 aliphatic rings. The van der Waals surface area contributed by atoms with Gasteiger partial charge in [0.2, 0.25) is 0 Å². The number of phenolic OH excluding ortho intramolecular Hbond substituents is 1. The molecule has 0 saturated carbocycles. The highest BCUT2D eigenvalue weighted by atomic mass is 35.5. The lowest BCUT2D eigenvalue weighted by molar-refractivity contribution is 0.374. The van der Waals surface area contributed by atoms with Gasteiger partial charge in [-0.05, 0) is 45.5 Å². The summed E-state index contributed by atoms with van der Waals surface area (Å²) < 4.78 is 0. The molecule has 3 heteroatoms. The lowest BCUT2D eigenvalue weighted by Gasteiger charge is -2.22. The highest BCUT2D eigenvalue weighted by Crippen LogP contribution is 2.32. The van der Waals surface area contributed by atoms with Crippen molar-refractivity contribution in [2.45, 2.75) is 20.8 Å². The normalized spacial score (nSPS) is 11.9. The highest BCUT2D eigenvalue weighted by molar-refractivity contribution is 5.85. The first-order valence-corrected chi connectivity index (χ1v) is 6.04. The number of hydrogen-bond acceptors (Lipinski definition) is 2. The maximum Gasteiger partial charge on any atom is 0.123 e. The number of hydrogen-bond donors (Lipinski definition) is 1. The van der Waals surface area contributed by atoms with Crippen LogP contribution in [0.2, 0.25) is 0 Å². The van der Waals surface area contributed by atoms with Gasteiger partial charge >= 0.3 is 0 Å². The van der Waals surface area contributed by atoms with Crippen molar-refractivity contribution >= 4 is 18.0 Å². The third-order valence-corrected chi connectivity index (χ3v) is 2.86. The van der Waals surface area contributed by atoms with E-state index >= 15 is 0 Å². The van der Waals surface area contributed by atoms with Crippen LogP contribution in [0.5, 0.6) is 5.75 Å². The first-order chi connectivity index (χ1) is 7.93. The van der Waals surface area contributed by atoms with Crippen LogP contribution < -0.4 is 0 Å². The Hall–Kier alpha value is -0.990. The summed E-state index contributed by atoms with van der Waals surface area (Å²) in [7, 11) is 4.15. The summed E-state index contributed by atoms with van der Waals surface area (Å²) in [5, 5.41) is 9.97. The van der Waals surface area contributed by atoms with Crippen molar-refractivity contribution in [1.82, 2.24) is 4.90 Å². The minimum Gasteiger partial charge on any atom is -0.507 e. The van der Waals surface area contributed by atoms with Gasteiger partial charge in [0.15, 0.2) is 0 Å². The van der Waals surface area contributed by atoms with E-state index < -0.39 is 0 Å². The Labute approximate surface area is 117 Å². The molecule has 18 heavy (non-hydrogen) atoms. The Morgan fingerprint density at radius 2 is 1.78 bits per heavy atom. The number of phenols is 1. The lowest BCUT2D eigenvalue weighted by Crippen LogP contribution is -2.21. The van der Waals surface area contributed by atoms with Gasteiger partial charge < -0.3 is 10.0 Å². The summed E-state index contributed by atoms with van der Waals surface area (Å²) in [6.07, 6.45) is 0. The maximum atomic E-state index is 9.97. The van der Waals surface area contributed by atoms with Gasteiger partial charge in [-0.2, -0.15) is 0 Å². The van der Waals surface area contributed by atoms with Gasteiger partial charge in [0.05, 0.1) is 0 Å². The minimum absolute atomic E-state index is 0. The first-order valence-electron chi connectivity index (χ1n) is 6.04. The van der Waals surface area contributed by atoms with Crippen LogP contribution in [0.3, 0.4) is 0 Å². The van der Waals surface area contributed by atoms with E-state index in [0.717, 1.165) is 12.1 Å². The Balaban J connectivity index is 0.00000289. The zero-order chi connectivity index (χ0) is 13.0. The second-order valence-electron chi connectivity index (χ2n) is 5.09. The van der Waals surface area contributed by atoms with Crippen molar-refractivity contribution in [3.63, 3.8) is 0 Å². The van der Waals surface area contributed by atoms with E-state index in [1.54, 1.807) is 6.07 Å². The zero-order valence-corrected chi connectivity index (χ0v) is 12.7. The summed E-state index contributed by atoms with van der Waals surface area (Å²) in [6.45, 7) is 7.39. The van der Waals surface area contributed by atoms with E-state index in [1.165, 1.54) is 11.1 Å². The fourth-order valence-corrected chi connectivity index (χ4v) is 2.37. The Morgan fingerprint density at radius 3 is 2.22 bits per heavy atom. The predicted octanol–water partition coefficient (Wildman–Crippen LogP) is 3.81. The highest BCUT2D eigenvalue weighted by Gasteiger charge is 2.16. The molecule has 0 heterocycles. The monoisotopic (exact) mass is 269 g/mol. The molecule has 1 N–H and O–H groups in total. The molecule has 0 amide bonds. The molecule has 0 aliphatic heterocycles. The number of aromatic hydroxyl groups is 1. The van der Waals surface area contributed by atoms with E-state index in [9.17, 15) is 5.11 Å². The van der Waals surface area contributed by atoms with Gasteiger partial charge in [-0.3, -0.25) is 0 Å². The quantitative estimate of drug-likeness (QED) is 0.899. The van der Waals surface area contributed by atoms with Crippen molar-refractivity contribution in [3.05, 3.63) is 35.4 Å². The standard InChI is InChI=1S/C15H23NO.ClH/c1-11(2)15(12(3)10-16(4)5)13-8-6-7-9-14(13)17;/h6-9,12,17H,10H2,1-5H3;1H. The Kier molecular flexibility index (Phi) is 7.04. The molecular formula is C15H24ClNO. The number of benzene rings is 1. The molecule has 0 radical (unpaired) electrons. The van der Waals surface area contributed by atoms with Gasteiger partial charge in [-0.15, -0.1) is 12.4 Å². The van der Waals surface area contributed by atoms with Crippen LogP contribution in [-0.4, -0.2) is 30.6 Å². The largest absolute Gasteiger partial charge is 0.507 e. The number of rotatable bonds is 4. The molecule has 0 fully saturated rings. The Morgan fingerprint density at radius 1 is 1.22 bits per heavy atom. The molecule has 1 aromatic rings. The number of para-hydroxylation sites is 1. The molecule has 1 unspecified atom stereocenters. The van der Waals surface area contributed by atoms with Gasteiger partial charge in [-0.1, -0.05) is 30.7 Å². The summed E-state index contributed by atoms with van der Waals surface area (Å²) >= 11 is 0. The predicted molar refractivity (Wildman–Crippen MR) is 81.3 cm³/mol. The SMILES string of the molecule is CC(C)=C(c1ccccc1O)C(C)CN(C)C.Cl. The molecule has 0 spiro atoms. The molecule has 0 saturated heterocycles. The smallest absolute Gasteiger partial charge is 0.123 e. The molecule has 0 aromatic heterocycles. The first kappa shape index (κ1) is 17.0. The number of nitrogens with zero attached hydrogens (tertiary/aromatic N) is 1. The van der Waals surface area contributed by atoms with Crippen molar-refractivity contribution in [1.29, 1.82) is 0 Å². The fraction of sp³-hybridized carbons (Fsp3) is 0.467. The summed E-state index contributed by atoms with van der Waals surface area (Å²) in [6, 6.07) is 7.57. The molecule has 2 nitrogen and oxygen atoms in total. The summed E-state index contributed by atoms with van der Waals surface area (Å²) in [5.74, 6) is 0.776. The molecule has 1 atom stereocenters. The van der Waals surface area contributed by atoms with Crippen LogP contribution in [-0.2, 0) is 0 Å².